The van der Waals surface area contributed by atoms with Gasteiger partial charge in [0.05, 0.1) is 6.54 Å². The molecule has 1 heterocycles. The largest absolute Gasteiger partial charge is 0.478 e. The number of rotatable bonds is 6. The maximum atomic E-state index is 11.5. The highest BCUT2D eigenvalue weighted by Gasteiger charge is 2.31. The van der Waals surface area contributed by atoms with E-state index in [0.29, 0.717) is 34.9 Å². The molecule has 0 aliphatic heterocycles. The van der Waals surface area contributed by atoms with E-state index in [0.717, 1.165) is 13.0 Å². The Morgan fingerprint density at radius 1 is 1.40 bits per heavy atom. The fourth-order valence-corrected chi connectivity index (χ4v) is 2.74. The van der Waals surface area contributed by atoms with Crippen LogP contribution in [0.15, 0.2) is 28.7 Å². The van der Waals surface area contributed by atoms with Gasteiger partial charge in [-0.2, -0.15) is 0 Å². The van der Waals surface area contributed by atoms with Gasteiger partial charge in [-0.05, 0) is 31.9 Å². The molecule has 0 spiro atoms. The molecule has 0 bridgehead atoms. The zero-order valence-corrected chi connectivity index (χ0v) is 11.6. The van der Waals surface area contributed by atoms with Crippen molar-refractivity contribution in [1.82, 2.24) is 4.90 Å². The Morgan fingerprint density at radius 3 is 2.80 bits per heavy atom. The molecule has 1 fully saturated rings. The summed E-state index contributed by atoms with van der Waals surface area (Å²) in [5.41, 5.74) is 0.981. The van der Waals surface area contributed by atoms with Gasteiger partial charge in [-0.15, -0.1) is 0 Å². The summed E-state index contributed by atoms with van der Waals surface area (Å²) in [4.78, 5) is 13.9. The van der Waals surface area contributed by atoms with Crippen molar-refractivity contribution >= 4 is 16.9 Å². The zero-order valence-electron chi connectivity index (χ0n) is 11.6. The van der Waals surface area contributed by atoms with Crippen LogP contribution in [0.1, 0.15) is 42.3 Å². The maximum Gasteiger partial charge on any atom is 0.339 e. The molecule has 0 atom stereocenters. The van der Waals surface area contributed by atoms with E-state index in [4.69, 9.17) is 4.42 Å². The molecule has 20 heavy (non-hydrogen) atoms. The first-order valence-corrected chi connectivity index (χ1v) is 7.18. The highest BCUT2D eigenvalue weighted by molar-refractivity contribution is 6.03. The molecule has 0 saturated heterocycles. The van der Waals surface area contributed by atoms with E-state index in [1.165, 1.54) is 12.8 Å². The van der Waals surface area contributed by atoms with E-state index in [1.54, 1.807) is 0 Å². The Bertz CT molecular complexity index is 628. The average molecular weight is 273 g/mol. The Hall–Kier alpha value is -1.81. The van der Waals surface area contributed by atoms with Crippen LogP contribution in [-0.2, 0) is 6.54 Å². The Kier molecular flexibility index (Phi) is 3.49. The van der Waals surface area contributed by atoms with Crippen molar-refractivity contribution in [1.29, 1.82) is 0 Å². The first-order chi connectivity index (χ1) is 9.70. The van der Waals surface area contributed by atoms with Gasteiger partial charge in [0.1, 0.15) is 16.9 Å². The second-order valence-corrected chi connectivity index (χ2v) is 5.40. The number of para-hydroxylation sites is 1. The molecule has 0 unspecified atom stereocenters. The monoisotopic (exact) mass is 273 g/mol. The lowest BCUT2D eigenvalue weighted by Crippen LogP contribution is -2.26. The number of carboxylic acids is 1. The summed E-state index contributed by atoms with van der Waals surface area (Å²) in [5, 5.41) is 10.2. The third-order valence-electron chi connectivity index (χ3n) is 3.80. The van der Waals surface area contributed by atoms with Crippen molar-refractivity contribution in [2.24, 2.45) is 0 Å². The predicted octanol–water partition coefficient (Wildman–Crippen LogP) is 3.51. The van der Waals surface area contributed by atoms with Crippen LogP contribution in [-0.4, -0.2) is 28.6 Å². The molecule has 4 nitrogen and oxygen atoms in total. The molecule has 1 aliphatic carbocycles. The second-order valence-electron chi connectivity index (χ2n) is 5.40. The molecule has 106 valence electrons. The van der Waals surface area contributed by atoms with Gasteiger partial charge in [0.25, 0.3) is 0 Å². The average Bonchev–Trinajstić information content (AvgIpc) is 3.19. The van der Waals surface area contributed by atoms with Crippen LogP contribution in [0.3, 0.4) is 0 Å². The van der Waals surface area contributed by atoms with Crippen LogP contribution in [0.5, 0.6) is 0 Å². The predicted molar refractivity (Wildman–Crippen MR) is 76.9 cm³/mol. The summed E-state index contributed by atoms with van der Waals surface area (Å²) in [6, 6.07) is 7.95. The maximum absolute atomic E-state index is 11.5. The number of aromatic carboxylic acids is 1. The molecule has 1 aliphatic rings. The fraction of sp³-hybridized carbons (Fsp3) is 0.438. The van der Waals surface area contributed by atoms with Crippen molar-refractivity contribution in [2.45, 2.75) is 38.8 Å². The molecule has 0 radical (unpaired) electrons. The lowest BCUT2D eigenvalue weighted by atomic mass is 10.1. The van der Waals surface area contributed by atoms with Crippen LogP contribution < -0.4 is 0 Å². The van der Waals surface area contributed by atoms with Gasteiger partial charge in [-0.25, -0.2) is 4.79 Å². The van der Waals surface area contributed by atoms with Gasteiger partial charge < -0.3 is 9.52 Å². The van der Waals surface area contributed by atoms with E-state index in [-0.39, 0.29) is 0 Å². The molecule has 1 aromatic carbocycles. The van der Waals surface area contributed by atoms with Crippen LogP contribution in [0, 0.1) is 0 Å². The number of carbonyl (C=O) groups is 1. The van der Waals surface area contributed by atoms with Gasteiger partial charge in [0.15, 0.2) is 0 Å². The minimum absolute atomic E-state index is 0.322. The Morgan fingerprint density at radius 2 is 2.15 bits per heavy atom. The highest BCUT2D eigenvalue weighted by atomic mass is 16.4. The van der Waals surface area contributed by atoms with E-state index < -0.39 is 5.97 Å². The molecule has 1 N–H and O–H groups in total. The minimum Gasteiger partial charge on any atom is -0.478 e. The molecule has 3 rings (SSSR count). The molecule has 2 aromatic rings. The van der Waals surface area contributed by atoms with Crippen molar-refractivity contribution in [3.8, 4) is 0 Å². The van der Waals surface area contributed by atoms with Crippen molar-refractivity contribution in [3.05, 3.63) is 35.6 Å². The summed E-state index contributed by atoms with van der Waals surface area (Å²) in [6.07, 6.45) is 3.49. The molecule has 0 amide bonds. The number of hydrogen-bond acceptors (Lipinski definition) is 3. The number of furan rings is 1. The standard InChI is InChI=1S/C16H19NO3/c1-2-9-17(11-7-8-11)10-14-15(16(18)19)12-5-3-4-6-13(12)20-14/h3-6,11H,2,7-10H2,1H3,(H,18,19). The smallest absolute Gasteiger partial charge is 0.339 e. The van der Waals surface area contributed by atoms with Gasteiger partial charge in [0.2, 0.25) is 0 Å². The number of nitrogens with zero attached hydrogens (tertiary/aromatic N) is 1. The van der Waals surface area contributed by atoms with E-state index in [2.05, 4.69) is 11.8 Å². The van der Waals surface area contributed by atoms with Crippen molar-refractivity contribution in [3.63, 3.8) is 0 Å². The number of hydrogen-bond donors (Lipinski definition) is 1. The normalized spacial score (nSPS) is 15.1. The first-order valence-electron chi connectivity index (χ1n) is 7.18. The summed E-state index contributed by atoms with van der Waals surface area (Å²) in [5.74, 6) is -0.323. The molecule has 1 saturated carbocycles. The highest BCUT2D eigenvalue weighted by Crippen LogP contribution is 2.32. The first kappa shape index (κ1) is 13.2. The van der Waals surface area contributed by atoms with Crippen molar-refractivity contribution < 1.29 is 14.3 Å². The quantitative estimate of drug-likeness (QED) is 0.875. The molecule has 1 aromatic heterocycles. The molecular formula is C16H19NO3. The molecule has 4 heteroatoms. The van der Waals surface area contributed by atoms with E-state index in [9.17, 15) is 9.90 Å². The summed E-state index contributed by atoms with van der Waals surface area (Å²) in [6.45, 7) is 3.72. The van der Waals surface area contributed by atoms with Crippen LogP contribution in [0.2, 0.25) is 0 Å². The summed E-state index contributed by atoms with van der Waals surface area (Å²) >= 11 is 0. The van der Waals surface area contributed by atoms with Gasteiger partial charge >= 0.3 is 5.97 Å². The fourth-order valence-electron chi connectivity index (χ4n) is 2.74. The SMILES string of the molecule is CCCN(Cc1oc2ccccc2c1C(=O)O)C1CC1. The number of carboxylic acid groups (broad SMARTS) is 1. The minimum atomic E-state index is -0.905. The van der Waals surface area contributed by atoms with Crippen LogP contribution in [0.25, 0.3) is 11.0 Å². The Labute approximate surface area is 118 Å². The third kappa shape index (κ3) is 2.43. The lowest BCUT2D eigenvalue weighted by molar-refractivity contribution is 0.0694. The topological polar surface area (TPSA) is 53.7 Å². The Balaban J connectivity index is 1.97. The summed E-state index contributed by atoms with van der Waals surface area (Å²) < 4.78 is 5.79. The van der Waals surface area contributed by atoms with E-state index >= 15 is 0 Å². The van der Waals surface area contributed by atoms with Crippen LogP contribution in [0.4, 0.5) is 0 Å². The number of fused-ring (bicyclic) bond motifs is 1. The van der Waals surface area contributed by atoms with Gasteiger partial charge in [-0.3, -0.25) is 4.90 Å². The number of benzene rings is 1. The van der Waals surface area contributed by atoms with E-state index in [1.807, 2.05) is 24.3 Å². The third-order valence-corrected chi connectivity index (χ3v) is 3.80. The second kappa shape index (κ2) is 5.29. The lowest BCUT2D eigenvalue weighted by Gasteiger charge is -2.19. The van der Waals surface area contributed by atoms with Crippen molar-refractivity contribution in [2.75, 3.05) is 6.54 Å². The summed E-state index contributed by atoms with van der Waals surface area (Å²) in [7, 11) is 0. The molecular weight excluding hydrogens is 254 g/mol. The van der Waals surface area contributed by atoms with Gasteiger partial charge in [0, 0.05) is 11.4 Å². The van der Waals surface area contributed by atoms with Gasteiger partial charge in [-0.1, -0.05) is 25.1 Å². The zero-order chi connectivity index (χ0) is 14.1. The van der Waals surface area contributed by atoms with Crippen LogP contribution >= 0.6 is 0 Å².